The van der Waals surface area contributed by atoms with Gasteiger partial charge in [-0.3, -0.25) is 4.79 Å². The maximum atomic E-state index is 11.9. The molecule has 3 aromatic heterocycles. The molecule has 0 bridgehead atoms. The number of anilines is 2. The molecule has 0 fully saturated rings. The third kappa shape index (κ3) is 5.62. The fourth-order valence-electron chi connectivity index (χ4n) is 4.23. The summed E-state index contributed by atoms with van der Waals surface area (Å²) in [5, 5.41) is 3.37. The Bertz CT molecular complexity index is 1710. The highest BCUT2D eigenvalue weighted by atomic mass is 16.5. The van der Waals surface area contributed by atoms with Gasteiger partial charge in [0, 0.05) is 31.9 Å². The fraction of sp³-hybridized carbons (Fsp3) is 0.167. The molecular formula is C30H29N7O2. The van der Waals surface area contributed by atoms with E-state index >= 15 is 0 Å². The standard InChI is InChI=1S/C30H29N7O2/c1-5-28(38)37(6-2)15-7-8-21-9-12-24-29(34-21)30(32-18-31-24)35-22-10-14-27(20(3)16-22)39-23-11-13-26-25(17-23)33-19-36(26)4/h5,7-14,16-19H,1,6,15H2,2-4H3,(H,31,32,35). The highest BCUT2D eigenvalue weighted by molar-refractivity contribution is 5.88. The lowest BCUT2D eigenvalue weighted by molar-refractivity contribution is -0.125. The van der Waals surface area contributed by atoms with Gasteiger partial charge in [0.1, 0.15) is 23.3 Å². The second-order valence-electron chi connectivity index (χ2n) is 9.02. The van der Waals surface area contributed by atoms with Crippen molar-refractivity contribution in [1.29, 1.82) is 0 Å². The van der Waals surface area contributed by atoms with Gasteiger partial charge in [0.05, 0.1) is 28.6 Å². The number of imidazole rings is 1. The van der Waals surface area contributed by atoms with E-state index in [9.17, 15) is 4.79 Å². The number of carbonyl (C=O) groups is 1. The van der Waals surface area contributed by atoms with E-state index in [1.807, 2.05) is 86.1 Å². The Hall–Kier alpha value is -5.05. The molecule has 9 heteroatoms. The summed E-state index contributed by atoms with van der Waals surface area (Å²) >= 11 is 0. The zero-order valence-electron chi connectivity index (χ0n) is 22.1. The number of hydrogen-bond acceptors (Lipinski definition) is 7. The molecule has 0 aliphatic rings. The molecule has 5 rings (SSSR count). The van der Waals surface area contributed by atoms with Gasteiger partial charge in [-0.25, -0.2) is 19.9 Å². The first-order valence-electron chi connectivity index (χ1n) is 12.6. The maximum Gasteiger partial charge on any atom is 0.246 e. The maximum absolute atomic E-state index is 11.9. The Morgan fingerprint density at radius 3 is 2.77 bits per heavy atom. The molecule has 2 aromatic carbocycles. The van der Waals surface area contributed by atoms with Crippen LogP contribution in [0.2, 0.25) is 0 Å². The lowest BCUT2D eigenvalue weighted by Gasteiger charge is -2.16. The Morgan fingerprint density at radius 2 is 1.97 bits per heavy atom. The lowest BCUT2D eigenvalue weighted by atomic mass is 10.2. The average molecular weight is 520 g/mol. The summed E-state index contributed by atoms with van der Waals surface area (Å²) < 4.78 is 8.12. The molecular weight excluding hydrogens is 490 g/mol. The molecule has 0 radical (unpaired) electrons. The predicted octanol–water partition coefficient (Wildman–Crippen LogP) is 5.80. The Labute approximate surface area is 226 Å². The quantitative estimate of drug-likeness (QED) is 0.246. The van der Waals surface area contributed by atoms with Crippen LogP contribution in [-0.4, -0.2) is 48.4 Å². The minimum Gasteiger partial charge on any atom is -0.457 e. The van der Waals surface area contributed by atoms with Gasteiger partial charge in [-0.05, 0) is 74.0 Å². The topological polar surface area (TPSA) is 98.1 Å². The van der Waals surface area contributed by atoms with Crippen LogP contribution in [0, 0.1) is 6.92 Å². The molecule has 0 aliphatic heterocycles. The first-order chi connectivity index (χ1) is 18.9. The van der Waals surface area contributed by atoms with Gasteiger partial charge in [0.2, 0.25) is 5.91 Å². The van der Waals surface area contributed by atoms with Crippen molar-refractivity contribution in [2.75, 3.05) is 18.4 Å². The molecule has 0 aliphatic carbocycles. The number of amides is 1. The van der Waals surface area contributed by atoms with Crippen LogP contribution in [0.3, 0.4) is 0 Å². The van der Waals surface area contributed by atoms with Gasteiger partial charge in [0.15, 0.2) is 5.82 Å². The van der Waals surface area contributed by atoms with E-state index in [2.05, 4.69) is 26.8 Å². The third-order valence-corrected chi connectivity index (χ3v) is 6.35. The van der Waals surface area contributed by atoms with E-state index in [1.165, 1.54) is 12.4 Å². The molecule has 5 aromatic rings. The molecule has 3 heterocycles. The molecule has 0 saturated carbocycles. The highest BCUT2D eigenvalue weighted by Crippen LogP contribution is 2.30. The molecule has 1 N–H and O–H groups in total. The summed E-state index contributed by atoms with van der Waals surface area (Å²) in [4.78, 5) is 31.5. The van der Waals surface area contributed by atoms with Crippen molar-refractivity contribution < 1.29 is 9.53 Å². The normalized spacial score (nSPS) is 11.3. The first kappa shape index (κ1) is 25.6. The Balaban J connectivity index is 1.33. The molecule has 39 heavy (non-hydrogen) atoms. The number of ether oxygens (including phenoxy) is 1. The number of rotatable bonds is 9. The second kappa shape index (κ2) is 11.1. The number of likely N-dealkylation sites (N-methyl/N-ethyl adjacent to an activating group) is 1. The first-order valence-corrected chi connectivity index (χ1v) is 12.6. The van der Waals surface area contributed by atoms with Gasteiger partial charge in [0.25, 0.3) is 0 Å². The number of nitrogens with zero attached hydrogens (tertiary/aromatic N) is 6. The summed E-state index contributed by atoms with van der Waals surface area (Å²) in [5.41, 5.74) is 5.87. The summed E-state index contributed by atoms with van der Waals surface area (Å²) in [5.74, 6) is 1.98. The number of nitrogens with one attached hydrogen (secondary N) is 1. The van der Waals surface area contributed by atoms with E-state index in [0.717, 1.165) is 45.0 Å². The van der Waals surface area contributed by atoms with Crippen LogP contribution in [0.4, 0.5) is 11.5 Å². The summed E-state index contributed by atoms with van der Waals surface area (Å²) in [7, 11) is 1.97. The SMILES string of the molecule is C=CC(=O)N(CC)CC=Cc1ccc2ncnc(Nc3ccc(Oc4ccc5c(c4)ncn5C)c(C)c3)c2n1. The van der Waals surface area contributed by atoms with Crippen molar-refractivity contribution in [1.82, 2.24) is 29.4 Å². The van der Waals surface area contributed by atoms with Crippen molar-refractivity contribution in [2.24, 2.45) is 7.05 Å². The lowest BCUT2D eigenvalue weighted by Crippen LogP contribution is -2.29. The van der Waals surface area contributed by atoms with Gasteiger partial charge < -0.3 is 19.5 Å². The number of aryl methyl sites for hydroxylation is 2. The number of aromatic nitrogens is 5. The monoisotopic (exact) mass is 519 g/mol. The van der Waals surface area contributed by atoms with Crippen LogP contribution < -0.4 is 10.1 Å². The number of benzene rings is 2. The largest absolute Gasteiger partial charge is 0.457 e. The van der Waals surface area contributed by atoms with Crippen molar-refractivity contribution in [3.63, 3.8) is 0 Å². The molecule has 0 spiro atoms. The molecule has 0 saturated heterocycles. The van der Waals surface area contributed by atoms with Crippen molar-refractivity contribution in [3.8, 4) is 11.5 Å². The highest BCUT2D eigenvalue weighted by Gasteiger charge is 2.10. The smallest absolute Gasteiger partial charge is 0.246 e. The fourth-order valence-corrected chi connectivity index (χ4v) is 4.23. The number of carbonyl (C=O) groups excluding carboxylic acids is 1. The number of pyridine rings is 1. The zero-order chi connectivity index (χ0) is 27.4. The average Bonchev–Trinajstić information content (AvgIpc) is 3.32. The molecule has 0 unspecified atom stereocenters. The Morgan fingerprint density at radius 1 is 1.10 bits per heavy atom. The van der Waals surface area contributed by atoms with E-state index in [4.69, 9.17) is 9.72 Å². The molecule has 196 valence electrons. The summed E-state index contributed by atoms with van der Waals surface area (Å²) in [6.07, 6.45) is 8.41. The van der Waals surface area contributed by atoms with E-state index < -0.39 is 0 Å². The summed E-state index contributed by atoms with van der Waals surface area (Å²) in [6.45, 7) is 8.56. The Kier molecular flexibility index (Phi) is 7.31. The molecule has 9 nitrogen and oxygen atoms in total. The van der Waals surface area contributed by atoms with Crippen LogP contribution in [0.15, 0.2) is 79.9 Å². The zero-order valence-corrected chi connectivity index (χ0v) is 22.1. The van der Waals surface area contributed by atoms with Crippen LogP contribution in [-0.2, 0) is 11.8 Å². The van der Waals surface area contributed by atoms with E-state index in [1.54, 1.807) is 11.2 Å². The van der Waals surface area contributed by atoms with Gasteiger partial charge in [-0.1, -0.05) is 12.7 Å². The van der Waals surface area contributed by atoms with Crippen LogP contribution in [0.25, 0.3) is 28.1 Å². The third-order valence-electron chi connectivity index (χ3n) is 6.35. The van der Waals surface area contributed by atoms with Gasteiger partial charge in [-0.2, -0.15) is 0 Å². The second-order valence-corrected chi connectivity index (χ2v) is 9.02. The van der Waals surface area contributed by atoms with Crippen molar-refractivity contribution in [3.05, 3.63) is 91.2 Å². The molecule has 0 atom stereocenters. The van der Waals surface area contributed by atoms with E-state index in [0.29, 0.717) is 24.4 Å². The summed E-state index contributed by atoms with van der Waals surface area (Å²) in [6, 6.07) is 15.5. The van der Waals surface area contributed by atoms with Gasteiger partial charge >= 0.3 is 0 Å². The van der Waals surface area contributed by atoms with Crippen LogP contribution in [0.1, 0.15) is 18.2 Å². The van der Waals surface area contributed by atoms with Crippen LogP contribution >= 0.6 is 0 Å². The number of hydrogen-bond donors (Lipinski definition) is 1. The van der Waals surface area contributed by atoms with Crippen LogP contribution in [0.5, 0.6) is 11.5 Å². The molecule has 1 amide bonds. The van der Waals surface area contributed by atoms with Gasteiger partial charge in [-0.15, -0.1) is 0 Å². The van der Waals surface area contributed by atoms with E-state index in [-0.39, 0.29) is 5.91 Å². The predicted molar refractivity (Wildman–Crippen MR) is 154 cm³/mol. The van der Waals surface area contributed by atoms with Crippen molar-refractivity contribution >= 4 is 45.6 Å². The number of fused-ring (bicyclic) bond motifs is 2. The minimum atomic E-state index is -0.102. The van der Waals surface area contributed by atoms with Crippen molar-refractivity contribution in [2.45, 2.75) is 13.8 Å². The minimum absolute atomic E-state index is 0.102.